The van der Waals surface area contributed by atoms with Gasteiger partial charge in [0, 0.05) is 24.3 Å². The lowest BCUT2D eigenvalue weighted by Gasteiger charge is -2.14. The molecule has 2 aromatic carbocycles. The highest BCUT2D eigenvalue weighted by Gasteiger charge is 2.17. The number of rotatable bonds is 3. The largest absolute Gasteiger partial charge is 0.324 e. The summed E-state index contributed by atoms with van der Waals surface area (Å²) in [5, 5.41) is 7.02. The fourth-order valence-electron chi connectivity index (χ4n) is 3.14. The molecule has 1 heterocycles. The van der Waals surface area contributed by atoms with Crippen LogP contribution in [0.25, 0.3) is 10.8 Å². The van der Waals surface area contributed by atoms with Gasteiger partial charge in [0.2, 0.25) is 0 Å². The van der Waals surface area contributed by atoms with Crippen molar-refractivity contribution in [3.8, 4) is 0 Å². The summed E-state index contributed by atoms with van der Waals surface area (Å²) in [6.07, 6.45) is 0.828. The summed E-state index contributed by atoms with van der Waals surface area (Å²) in [6, 6.07) is 14.9. The van der Waals surface area contributed by atoms with Gasteiger partial charge >= 0.3 is 0 Å². The molecule has 0 aliphatic rings. The summed E-state index contributed by atoms with van der Waals surface area (Å²) in [5.41, 5.74) is 11.1. The molecule has 3 aromatic rings. The van der Waals surface area contributed by atoms with Crippen LogP contribution in [-0.2, 0) is 13.5 Å². The van der Waals surface area contributed by atoms with Gasteiger partial charge in [-0.2, -0.15) is 5.10 Å². The van der Waals surface area contributed by atoms with Crippen LogP contribution in [0.3, 0.4) is 0 Å². The third kappa shape index (κ3) is 2.45. The highest BCUT2D eigenvalue weighted by molar-refractivity contribution is 5.85. The second-order valence-electron chi connectivity index (χ2n) is 5.66. The van der Waals surface area contributed by atoms with Crippen LogP contribution in [0.15, 0.2) is 42.5 Å². The van der Waals surface area contributed by atoms with Crippen LogP contribution in [0.5, 0.6) is 0 Å². The molecule has 3 heteroatoms. The average molecular weight is 279 g/mol. The highest BCUT2D eigenvalue weighted by Crippen LogP contribution is 2.26. The molecule has 0 saturated heterocycles. The van der Waals surface area contributed by atoms with Crippen LogP contribution in [0.1, 0.15) is 28.6 Å². The molecule has 1 aromatic heterocycles. The van der Waals surface area contributed by atoms with Crippen molar-refractivity contribution in [1.29, 1.82) is 0 Å². The number of nitrogens with two attached hydrogens (primary N) is 1. The molecular formula is C18H21N3. The minimum absolute atomic E-state index is 0.0236. The minimum Gasteiger partial charge on any atom is -0.324 e. The van der Waals surface area contributed by atoms with E-state index in [1.807, 2.05) is 18.7 Å². The second-order valence-corrected chi connectivity index (χ2v) is 5.66. The summed E-state index contributed by atoms with van der Waals surface area (Å²) in [4.78, 5) is 0. The monoisotopic (exact) mass is 279 g/mol. The van der Waals surface area contributed by atoms with Gasteiger partial charge in [0.25, 0.3) is 0 Å². The smallest absolute Gasteiger partial charge is 0.0644 e. The van der Waals surface area contributed by atoms with Gasteiger partial charge < -0.3 is 5.73 Å². The standard InChI is InChI=1S/C18H21N3/c1-12-18(13(2)21(3)20-12)17(19)11-15-9-6-8-14-7-4-5-10-16(14)15/h4-10,17H,11,19H2,1-3H3. The van der Waals surface area contributed by atoms with Crippen LogP contribution in [0.2, 0.25) is 0 Å². The van der Waals surface area contributed by atoms with Crippen LogP contribution >= 0.6 is 0 Å². The van der Waals surface area contributed by atoms with Crippen LogP contribution < -0.4 is 5.73 Å². The van der Waals surface area contributed by atoms with E-state index in [-0.39, 0.29) is 6.04 Å². The van der Waals surface area contributed by atoms with Gasteiger partial charge in [-0.15, -0.1) is 0 Å². The van der Waals surface area contributed by atoms with Crippen molar-refractivity contribution in [3.05, 3.63) is 65.0 Å². The van der Waals surface area contributed by atoms with Gasteiger partial charge in [-0.1, -0.05) is 42.5 Å². The average Bonchev–Trinajstić information content (AvgIpc) is 2.72. The Kier molecular flexibility index (Phi) is 3.52. The maximum atomic E-state index is 6.48. The normalized spacial score (nSPS) is 12.8. The quantitative estimate of drug-likeness (QED) is 0.798. The zero-order valence-electron chi connectivity index (χ0n) is 12.8. The number of benzene rings is 2. The molecule has 1 atom stereocenters. The predicted octanol–water partition coefficient (Wildman–Crippen LogP) is 3.43. The highest BCUT2D eigenvalue weighted by atomic mass is 15.3. The van der Waals surface area contributed by atoms with E-state index in [9.17, 15) is 0 Å². The number of aromatic nitrogens is 2. The topological polar surface area (TPSA) is 43.8 Å². The van der Waals surface area contributed by atoms with E-state index in [1.165, 1.54) is 21.9 Å². The van der Waals surface area contributed by atoms with Crippen molar-refractivity contribution in [2.24, 2.45) is 12.8 Å². The first-order chi connectivity index (χ1) is 10.1. The Bertz CT molecular complexity index is 781. The Morgan fingerprint density at radius 1 is 1.10 bits per heavy atom. The summed E-state index contributed by atoms with van der Waals surface area (Å²) in [5.74, 6) is 0. The van der Waals surface area contributed by atoms with Gasteiger partial charge in [0.1, 0.15) is 0 Å². The van der Waals surface area contributed by atoms with E-state index < -0.39 is 0 Å². The summed E-state index contributed by atoms with van der Waals surface area (Å²) >= 11 is 0. The molecular weight excluding hydrogens is 258 g/mol. The Hall–Kier alpha value is -2.13. The van der Waals surface area contributed by atoms with Crippen molar-refractivity contribution < 1.29 is 0 Å². The lowest BCUT2D eigenvalue weighted by Crippen LogP contribution is -2.15. The maximum absolute atomic E-state index is 6.48. The molecule has 0 spiro atoms. The van der Waals surface area contributed by atoms with Gasteiger partial charge in [-0.25, -0.2) is 0 Å². The molecule has 21 heavy (non-hydrogen) atoms. The molecule has 0 amide bonds. The lowest BCUT2D eigenvalue weighted by atomic mass is 9.94. The third-order valence-electron chi connectivity index (χ3n) is 4.26. The SMILES string of the molecule is Cc1nn(C)c(C)c1C(N)Cc1cccc2ccccc12. The first-order valence-electron chi connectivity index (χ1n) is 7.30. The predicted molar refractivity (Wildman–Crippen MR) is 87.3 cm³/mol. The Labute approximate surface area is 125 Å². The van der Waals surface area contributed by atoms with Crippen LogP contribution in [-0.4, -0.2) is 9.78 Å². The number of aryl methyl sites for hydroxylation is 2. The van der Waals surface area contributed by atoms with E-state index in [0.717, 1.165) is 17.8 Å². The second kappa shape index (κ2) is 5.34. The third-order valence-corrected chi connectivity index (χ3v) is 4.26. The van der Waals surface area contributed by atoms with E-state index in [0.29, 0.717) is 0 Å². The molecule has 3 rings (SSSR count). The molecule has 0 saturated carbocycles. The zero-order valence-corrected chi connectivity index (χ0v) is 12.8. The molecule has 0 aliphatic heterocycles. The van der Waals surface area contributed by atoms with Gasteiger partial charge in [0.15, 0.2) is 0 Å². The number of hydrogen-bond donors (Lipinski definition) is 1. The van der Waals surface area contributed by atoms with Gasteiger partial charge in [0.05, 0.1) is 5.69 Å². The summed E-state index contributed by atoms with van der Waals surface area (Å²) < 4.78 is 1.91. The molecule has 108 valence electrons. The first kappa shape index (κ1) is 13.8. The Balaban J connectivity index is 1.98. The van der Waals surface area contributed by atoms with Gasteiger partial charge in [-0.05, 0) is 36.6 Å². The fourth-order valence-corrected chi connectivity index (χ4v) is 3.14. The van der Waals surface area contributed by atoms with Crippen LogP contribution in [0.4, 0.5) is 0 Å². The molecule has 2 N–H and O–H groups in total. The molecule has 0 aliphatic carbocycles. The first-order valence-corrected chi connectivity index (χ1v) is 7.30. The van der Waals surface area contributed by atoms with Crippen molar-refractivity contribution in [2.75, 3.05) is 0 Å². The zero-order chi connectivity index (χ0) is 15.0. The molecule has 0 fully saturated rings. The van der Waals surface area contributed by atoms with Crippen molar-refractivity contribution in [3.63, 3.8) is 0 Å². The fraction of sp³-hybridized carbons (Fsp3) is 0.278. The van der Waals surface area contributed by atoms with E-state index >= 15 is 0 Å². The number of nitrogens with zero attached hydrogens (tertiary/aromatic N) is 2. The summed E-state index contributed by atoms with van der Waals surface area (Å²) in [6.45, 7) is 4.11. The van der Waals surface area contributed by atoms with Crippen molar-refractivity contribution in [1.82, 2.24) is 9.78 Å². The summed E-state index contributed by atoms with van der Waals surface area (Å²) in [7, 11) is 1.97. The molecule has 0 radical (unpaired) electrons. The molecule has 0 bridgehead atoms. The maximum Gasteiger partial charge on any atom is 0.0644 e. The number of hydrogen-bond acceptors (Lipinski definition) is 2. The molecule has 1 unspecified atom stereocenters. The molecule has 3 nitrogen and oxygen atoms in total. The van der Waals surface area contributed by atoms with Crippen molar-refractivity contribution >= 4 is 10.8 Å². The minimum atomic E-state index is -0.0236. The van der Waals surface area contributed by atoms with E-state index in [2.05, 4.69) is 54.5 Å². The van der Waals surface area contributed by atoms with E-state index in [4.69, 9.17) is 5.73 Å². The van der Waals surface area contributed by atoms with Crippen LogP contribution in [0, 0.1) is 13.8 Å². The number of fused-ring (bicyclic) bond motifs is 1. The van der Waals surface area contributed by atoms with E-state index in [1.54, 1.807) is 0 Å². The van der Waals surface area contributed by atoms with Crippen molar-refractivity contribution in [2.45, 2.75) is 26.3 Å². The Morgan fingerprint density at radius 3 is 2.52 bits per heavy atom. The lowest BCUT2D eigenvalue weighted by molar-refractivity contribution is 0.703. The Morgan fingerprint density at radius 2 is 1.81 bits per heavy atom. The van der Waals surface area contributed by atoms with Gasteiger partial charge in [-0.3, -0.25) is 4.68 Å².